The SMILES string of the molecule is CCN1CCC(Nc2ccccc2C)(C(N)=O)CC1. The topological polar surface area (TPSA) is 58.4 Å². The maximum absolute atomic E-state index is 11.9. The van der Waals surface area contributed by atoms with Crippen molar-refractivity contribution in [2.24, 2.45) is 5.73 Å². The maximum Gasteiger partial charge on any atom is 0.243 e. The molecule has 2 rings (SSSR count). The molecule has 0 bridgehead atoms. The summed E-state index contributed by atoms with van der Waals surface area (Å²) < 4.78 is 0. The standard InChI is InChI=1S/C15H23N3O/c1-3-18-10-8-15(9-11-18,14(16)19)17-13-7-5-4-6-12(13)2/h4-7,17H,3,8-11H2,1-2H3,(H2,16,19). The predicted octanol–water partition coefficient (Wildman–Crippen LogP) is 1.75. The molecule has 1 amide bonds. The number of para-hydroxylation sites is 1. The number of nitrogens with two attached hydrogens (primary N) is 1. The quantitative estimate of drug-likeness (QED) is 0.868. The molecule has 1 aromatic carbocycles. The molecule has 4 nitrogen and oxygen atoms in total. The molecule has 1 fully saturated rings. The number of primary amides is 1. The van der Waals surface area contributed by atoms with Crippen molar-refractivity contribution in [3.05, 3.63) is 29.8 Å². The molecule has 0 unspecified atom stereocenters. The van der Waals surface area contributed by atoms with Gasteiger partial charge in [-0.3, -0.25) is 4.79 Å². The van der Waals surface area contributed by atoms with Crippen molar-refractivity contribution < 1.29 is 4.79 Å². The van der Waals surface area contributed by atoms with Crippen LogP contribution >= 0.6 is 0 Å². The molecule has 0 aliphatic carbocycles. The highest BCUT2D eigenvalue weighted by Crippen LogP contribution is 2.28. The van der Waals surface area contributed by atoms with E-state index in [1.54, 1.807) is 0 Å². The summed E-state index contributed by atoms with van der Waals surface area (Å²) in [6, 6.07) is 8.02. The summed E-state index contributed by atoms with van der Waals surface area (Å²) in [5.74, 6) is -0.244. The fourth-order valence-electron chi connectivity index (χ4n) is 2.65. The first-order chi connectivity index (χ1) is 9.07. The Labute approximate surface area is 115 Å². The average molecular weight is 261 g/mol. The molecule has 1 saturated heterocycles. The van der Waals surface area contributed by atoms with E-state index in [0.717, 1.165) is 43.7 Å². The van der Waals surface area contributed by atoms with E-state index >= 15 is 0 Å². The van der Waals surface area contributed by atoms with Gasteiger partial charge in [0.25, 0.3) is 0 Å². The minimum Gasteiger partial charge on any atom is -0.371 e. The zero-order valence-electron chi connectivity index (χ0n) is 11.8. The molecule has 104 valence electrons. The summed E-state index contributed by atoms with van der Waals surface area (Å²) in [4.78, 5) is 14.3. The molecule has 0 atom stereocenters. The van der Waals surface area contributed by atoms with Crippen LogP contribution in [0.1, 0.15) is 25.3 Å². The zero-order valence-corrected chi connectivity index (χ0v) is 11.8. The number of nitrogens with one attached hydrogen (secondary N) is 1. The van der Waals surface area contributed by atoms with Crippen LogP contribution in [0, 0.1) is 6.92 Å². The molecule has 1 aromatic rings. The lowest BCUT2D eigenvalue weighted by molar-refractivity contribution is -0.123. The third-order valence-electron chi connectivity index (χ3n) is 4.15. The van der Waals surface area contributed by atoms with Crippen LogP contribution in [0.15, 0.2) is 24.3 Å². The lowest BCUT2D eigenvalue weighted by atomic mass is 9.86. The number of hydrogen-bond donors (Lipinski definition) is 2. The Kier molecular flexibility index (Phi) is 4.10. The molecule has 0 spiro atoms. The second-order valence-electron chi connectivity index (χ2n) is 5.32. The van der Waals surface area contributed by atoms with Gasteiger partial charge in [0, 0.05) is 18.8 Å². The van der Waals surface area contributed by atoms with Gasteiger partial charge in [0.1, 0.15) is 5.54 Å². The molecule has 1 aliphatic heterocycles. The second kappa shape index (κ2) is 5.61. The Bertz CT molecular complexity index is 450. The number of amides is 1. The lowest BCUT2D eigenvalue weighted by Gasteiger charge is -2.40. The van der Waals surface area contributed by atoms with Crippen LogP contribution < -0.4 is 11.1 Å². The predicted molar refractivity (Wildman–Crippen MR) is 78.1 cm³/mol. The summed E-state index contributed by atoms with van der Waals surface area (Å²) in [5, 5.41) is 3.41. The minimum atomic E-state index is -0.599. The highest BCUT2D eigenvalue weighted by Gasteiger charge is 2.39. The Morgan fingerprint density at radius 2 is 2.00 bits per heavy atom. The first-order valence-corrected chi connectivity index (χ1v) is 6.93. The summed E-state index contributed by atoms with van der Waals surface area (Å²) in [6.07, 6.45) is 1.54. The second-order valence-corrected chi connectivity index (χ2v) is 5.32. The third-order valence-corrected chi connectivity index (χ3v) is 4.15. The van der Waals surface area contributed by atoms with E-state index in [0.29, 0.717) is 0 Å². The molecule has 0 aromatic heterocycles. The van der Waals surface area contributed by atoms with E-state index in [-0.39, 0.29) is 5.91 Å². The van der Waals surface area contributed by atoms with Crippen LogP contribution in [0.4, 0.5) is 5.69 Å². The van der Waals surface area contributed by atoms with Crippen LogP contribution in [0.5, 0.6) is 0 Å². The van der Waals surface area contributed by atoms with Crippen molar-refractivity contribution in [1.82, 2.24) is 4.90 Å². The Morgan fingerprint density at radius 3 is 2.53 bits per heavy atom. The highest BCUT2D eigenvalue weighted by atomic mass is 16.1. The number of nitrogens with zero attached hydrogens (tertiary/aromatic N) is 1. The third kappa shape index (κ3) is 2.89. The van der Waals surface area contributed by atoms with E-state index in [1.165, 1.54) is 0 Å². The first-order valence-electron chi connectivity index (χ1n) is 6.93. The van der Waals surface area contributed by atoms with Gasteiger partial charge in [0.05, 0.1) is 0 Å². The number of aryl methyl sites for hydroxylation is 1. The fraction of sp³-hybridized carbons (Fsp3) is 0.533. The molecule has 0 radical (unpaired) electrons. The summed E-state index contributed by atoms with van der Waals surface area (Å²) in [6.45, 7) is 7.04. The van der Waals surface area contributed by atoms with Crippen LogP contribution in [-0.4, -0.2) is 36.0 Å². The normalized spacial score (nSPS) is 19.1. The summed E-state index contributed by atoms with van der Waals surface area (Å²) in [5.41, 5.74) is 7.21. The highest BCUT2D eigenvalue weighted by molar-refractivity contribution is 5.88. The summed E-state index contributed by atoms with van der Waals surface area (Å²) in [7, 11) is 0. The molecule has 1 aliphatic rings. The van der Waals surface area contributed by atoms with Crippen LogP contribution in [0.2, 0.25) is 0 Å². The van der Waals surface area contributed by atoms with E-state index in [9.17, 15) is 4.79 Å². The molecule has 3 N–H and O–H groups in total. The van der Waals surface area contributed by atoms with Gasteiger partial charge in [-0.15, -0.1) is 0 Å². The Morgan fingerprint density at radius 1 is 1.37 bits per heavy atom. The van der Waals surface area contributed by atoms with Gasteiger partial charge >= 0.3 is 0 Å². The van der Waals surface area contributed by atoms with Crippen molar-refractivity contribution in [3.8, 4) is 0 Å². The molecule has 1 heterocycles. The van der Waals surface area contributed by atoms with Crippen molar-refractivity contribution >= 4 is 11.6 Å². The number of rotatable bonds is 4. The van der Waals surface area contributed by atoms with Gasteiger partial charge in [-0.05, 0) is 37.9 Å². The van der Waals surface area contributed by atoms with Gasteiger partial charge in [-0.25, -0.2) is 0 Å². The Hall–Kier alpha value is -1.55. The Balaban J connectivity index is 2.18. The average Bonchev–Trinajstić information content (AvgIpc) is 2.42. The van der Waals surface area contributed by atoms with Crippen molar-refractivity contribution in [3.63, 3.8) is 0 Å². The van der Waals surface area contributed by atoms with Crippen LogP contribution in [0.25, 0.3) is 0 Å². The number of hydrogen-bond acceptors (Lipinski definition) is 3. The molecule has 0 saturated carbocycles. The van der Waals surface area contributed by atoms with Crippen molar-refractivity contribution in [2.45, 2.75) is 32.2 Å². The van der Waals surface area contributed by atoms with E-state index in [4.69, 9.17) is 5.73 Å². The summed E-state index contributed by atoms with van der Waals surface area (Å²) >= 11 is 0. The van der Waals surface area contributed by atoms with Crippen molar-refractivity contribution in [2.75, 3.05) is 25.0 Å². The number of anilines is 1. The van der Waals surface area contributed by atoms with Gasteiger partial charge in [0.15, 0.2) is 0 Å². The molecular weight excluding hydrogens is 238 g/mol. The molecule has 4 heteroatoms. The minimum absolute atomic E-state index is 0.244. The van der Waals surface area contributed by atoms with Gasteiger partial charge in [0.2, 0.25) is 5.91 Å². The first kappa shape index (κ1) is 13.9. The zero-order chi connectivity index (χ0) is 13.9. The number of benzene rings is 1. The monoisotopic (exact) mass is 261 g/mol. The maximum atomic E-state index is 11.9. The van der Waals surface area contributed by atoms with Crippen molar-refractivity contribution in [1.29, 1.82) is 0 Å². The van der Waals surface area contributed by atoms with Gasteiger partial charge in [-0.1, -0.05) is 25.1 Å². The lowest BCUT2D eigenvalue weighted by Crippen LogP contribution is -2.57. The molecule has 19 heavy (non-hydrogen) atoms. The van der Waals surface area contributed by atoms with Crippen LogP contribution in [0.3, 0.4) is 0 Å². The fourth-order valence-corrected chi connectivity index (χ4v) is 2.65. The molecular formula is C15H23N3O. The largest absolute Gasteiger partial charge is 0.371 e. The number of piperidine rings is 1. The number of carbonyl (C=O) groups excluding carboxylic acids is 1. The van der Waals surface area contributed by atoms with E-state index in [2.05, 4.69) is 17.1 Å². The smallest absolute Gasteiger partial charge is 0.243 e. The van der Waals surface area contributed by atoms with E-state index < -0.39 is 5.54 Å². The van der Waals surface area contributed by atoms with Gasteiger partial charge < -0.3 is 16.0 Å². The van der Waals surface area contributed by atoms with Crippen LogP contribution in [-0.2, 0) is 4.79 Å². The number of likely N-dealkylation sites (tertiary alicyclic amines) is 1. The van der Waals surface area contributed by atoms with E-state index in [1.807, 2.05) is 31.2 Å². The number of carbonyl (C=O) groups is 1. The van der Waals surface area contributed by atoms with Gasteiger partial charge in [-0.2, -0.15) is 0 Å².